The van der Waals surface area contributed by atoms with Crippen LogP contribution in [0.15, 0.2) is 59.8 Å². The lowest BCUT2D eigenvalue weighted by atomic mass is 10.2. The summed E-state index contributed by atoms with van der Waals surface area (Å²) in [4.78, 5) is 19.5. The standard InChI is InChI=1S/C22H23F3N4O4/c23-22(24,25)33-18-5-3-17(4-6-18)29-19(30)15-28(21(29)31)20(16-7-9-26-10-8-16)32-14-13-27-11-1-2-12-27/h3-10,15,20,30H,1-2,11-14H2. The predicted molar refractivity (Wildman–Crippen MR) is 112 cm³/mol. The summed E-state index contributed by atoms with van der Waals surface area (Å²) in [6.45, 7) is 3.10. The summed E-state index contributed by atoms with van der Waals surface area (Å²) in [7, 11) is 0. The number of hydrogen-bond acceptors (Lipinski definition) is 6. The monoisotopic (exact) mass is 464 g/mol. The number of aromatic nitrogens is 3. The third kappa shape index (κ3) is 5.55. The largest absolute Gasteiger partial charge is 0.573 e. The van der Waals surface area contributed by atoms with Gasteiger partial charge >= 0.3 is 12.1 Å². The number of likely N-dealkylation sites (tertiary alicyclic amines) is 1. The fraction of sp³-hybridized carbons (Fsp3) is 0.364. The molecular formula is C22H23F3N4O4. The highest BCUT2D eigenvalue weighted by molar-refractivity contribution is 5.40. The van der Waals surface area contributed by atoms with Crippen LogP contribution in [0.2, 0.25) is 0 Å². The van der Waals surface area contributed by atoms with Crippen molar-refractivity contribution in [2.45, 2.75) is 25.4 Å². The van der Waals surface area contributed by atoms with Crippen LogP contribution < -0.4 is 10.4 Å². The van der Waals surface area contributed by atoms with E-state index in [4.69, 9.17) is 4.74 Å². The van der Waals surface area contributed by atoms with Crippen molar-refractivity contribution in [2.24, 2.45) is 0 Å². The number of ether oxygens (including phenoxy) is 2. The van der Waals surface area contributed by atoms with Gasteiger partial charge in [0, 0.05) is 24.5 Å². The van der Waals surface area contributed by atoms with Crippen molar-refractivity contribution in [3.8, 4) is 17.3 Å². The molecule has 1 saturated heterocycles. The first-order valence-electron chi connectivity index (χ1n) is 10.4. The number of nitrogens with zero attached hydrogens (tertiary/aromatic N) is 4. The molecule has 0 aliphatic carbocycles. The number of alkyl halides is 3. The summed E-state index contributed by atoms with van der Waals surface area (Å²) in [6.07, 6.45) is 1.05. The Bertz CT molecular complexity index is 1110. The maximum atomic E-state index is 13.2. The van der Waals surface area contributed by atoms with Gasteiger partial charge in [0.05, 0.1) is 18.5 Å². The highest BCUT2D eigenvalue weighted by Crippen LogP contribution is 2.26. The molecule has 1 N–H and O–H groups in total. The van der Waals surface area contributed by atoms with Crippen LogP contribution in [0.25, 0.3) is 5.69 Å². The fourth-order valence-electron chi connectivity index (χ4n) is 3.82. The second-order valence-corrected chi connectivity index (χ2v) is 7.61. The maximum Gasteiger partial charge on any atom is 0.573 e. The molecule has 0 radical (unpaired) electrons. The van der Waals surface area contributed by atoms with E-state index in [9.17, 15) is 23.1 Å². The Morgan fingerprint density at radius 2 is 1.73 bits per heavy atom. The Labute approximate surface area is 187 Å². The van der Waals surface area contributed by atoms with E-state index in [1.165, 1.54) is 22.9 Å². The SMILES string of the molecule is O=c1n(C(OCCN2CCCC2)c2ccncc2)cc(O)n1-c1ccc(OC(F)(F)F)cc1. The normalized spacial score (nSPS) is 15.6. The van der Waals surface area contributed by atoms with Crippen LogP contribution in [-0.2, 0) is 4.74 Å². The first-order chi connectivity index (χ1) is 15.8. The molecule has 3 aromatic rings. The van der Waals surface area contributed by atoms with Crippen LogP contribution in [-0.4, -0.2) is 56.7 Å². The zero-order valence-electron chi connectivity index (χ0n) is 17.6. The molecule has 176 valence electrons. The molecule has 8 nitrogen and oxygen atoms in total. The van der Waals surface area contributed by atoms with Crippen LogP contribution in [0.1, 0.15) is 24.6 Å². The quantitative estimate of drug-likeness (QED) is 0.551. The highest BCUT2D eigenvalue weighted by Gasteiger charge is 2.31. The molecule has 1 aromatic carbocycles. The van der Waals surface area contributed by atoms with Crippen molar-refractivity contribution in [2.75, 3.05) is 26.2 Å². The van der Waals surface area contributed by atoms with Crippen LogP contribution in [0.4, 0.5) is 13.2 Å². The summed E-state index contributed by atoms with van der Waals surface area (Å²) < 4.78 is 49.4. The number of imidazole rings is 1. The van der Waals surface area contributed by atoms with Gasteiger partial charge in [0.25, 0.3) is 0 Å². The number of aromatic hydroxyl groups is 1. The Morgan fingerprint density at radius 3 is 2.36 bits per heavy atom. The van der Waals surface area contributed by atoms with Gasteiger partial charge in [0.2, 0.25) is 5.88 Å². The van der Waals surface area contributed by atoms with Crippen molar-refractivity contribution in [1.82, 2.24) is 19.0 Å². The van der Waals surface area contributed by atoms with Gasteiger partial charge in [-0.3, -0.25) is 9.55 Å². The third-order valence-corrected chi connectivity index (χ3v) is 5.35. The molecule has 1 unspecified atom stereocenters. The minimum Gasteiger partial charge on any atom is -0.493 e. The van der Waals surface area contributed by atoms with E-state index in [0.29, 0.717) is 18.7 Å². The number of rotatable bonds is 8. The zero-order valence-corrected chi connectivity index (χ0v) is 17.6. The lowest BCUT2D eigenvalue weighted by Crippen LogP contribution is -2.31. The molecule has 1 atom stereocenters. The van der Waals surface area contributed by atoms with Gasteiger partial charge in [0.15, 0.2) is 6.23 Å². The second kappa shape index (κ2) is 9.67. The minimum absolute atomic E-state index is 0.177. The van der Waals surface area contributed by atoms with Gasteiger partial charge < -0.3 is 19.5 Å². The van der Waals surface area contributed by atoms with Crippen LogP contribution in [0.3, 0.4) is 0 Å². The lowest BCUT2D eigenvalue weighted by molar-refractivity contribution is -0.274. The first-order valence-corrected chi connectivity index (χ1v) is 10.4. The summed E-state index contributed by atoms with van der Waals surface area (Å²) >= 11 is 0. The molecule has 33 heavy (non-hydrogen) atoms. The number of halogens is 3. The van der Waals surface area contributed by atoms with Gasteiger partial charge in [-0.05, 0) is 62.3 Å². The van der Waals surface area contributed by atoms with Crippen LogP contribution in [0.5, 0.6) is 11.6 Å². The smallest absolute Gasteiger partial charge is 0.493 e. The lowest BCUT2D eigenvalue weighted by Gasteiger charge is -2.21. The van der Waals surface area contributed by atoms with E-state index in [1.54, 1.807) is 24.5 Å². The second-order valence-electron chi connectivity index (χ2n) is 7.61. The van der Waals surface area contributed by atoms with E-state index in [1.807, 2.05) is 0 Å². The Kier molecular flexibility index (Phi) is 6.70. The molecule has 0 amide bonds. The van der Waals surface area contributed by atoms with Crippen LogP contribution >= 0.6 is 0 Å². The van der Waals surface area contributed by atoms with Crippen LogP contribution in [0, 0.1) is 0 Å². The molecule has 4 rings (SSSR count). The summed E-state index contributed by atoms with van der Waals surface area (Å²) in [5.74, 6) is -0.815. The van der Waals surface area contributed by atoms with Crippen molar-refractivity contribution >= 4 is 0 Å². The van der Waals surface area contributed by atoms with Gasteiger partial charge in [-0.2, -0.15) is 0 Å². The van der Waals surface area contributed by atoms with Crippen molar-refractivity contribution in [3.63, 3.8) is 0 Å². The van der Waals surface area contributed by atoms with E-state index in [-0.39, 0.29) is 11.6 Å². The topological polar surface area (TPSA) is 81.8 Å². The zero-order chi connectivity index (χ0) is 23.4. The first kappa shape index (κ1) is 22.9. The van der Waals surface area contributed by atoms with Crippen molar-refractivity contribution in [1.29, 1.82) is 0 Å². The summed E-state index contributed by atoms with van der Waals surface area (Å²) in [5.41, 5.74) is 0.232. The fourth-order valence-corrected chi connectivity index (χ4v) is 3.82. The van der Waals surface area contributed by atoms with Gasteiger partial charge in [-0.1, -0.05) is 0 Å². The summed E-state index contributed by atoms with van der Waals surface area (Å²) in [6, 6.07) is 8.07. The van der Waals surface area contributed by atoms with E-state index in [2.05, 4.69) is 14.6 Å². The molecule has 0 bridgehead atoms. The van der Waals surface area contributed by atoms with E-state index >= 15 is 0 Å². The maximum absolute atomic E-state index is 13.2. The predicted octanol–water partition coefficient (Wildman–Crippen LogP) is 3.30. The van der Waals surface area contributed by atoms with E-state index in [0.717, 1.165) is 42.6 Å². The molecule has 0 saturated carbocycles. The number of benzene rings is 1. The molecule has 1 fully saturated rings. The molecule has 0 spiro atoms. The Hall–Kier alpha value is -3.31. The number of pyridine rings is 1. The molecule has 1 aliphatic heterocycles. The van der Waals surface area contributed by atoms with Gasteiger partial charge in [-0.25, -0.2) is 9.36 Å². The third-order valence-electron chi connectivity index (χ3n) is 5.35. The molecule has 3 heterocycles. The summed E-state index contributed by atoms with van der Waals surface area (Å²) in [5, 5.41) is 10.5. The molecule has 1 aliphatic rings. The van der Waals surface area contributed by atoms with Gasteiger partial charge in [0.1, 0.15) is 5.75 Å². The van der Waals surface area contributed by atoms with E-state index < -0.39 is 24.0 Å². The van der Waals surface area contributed by atoms with Crippen molar-refractivity contribution < 1.29 is 27.8 Å². The Balaban J connectivity index is 1.60. The molecule has 11 heteroatoms. The van der Waals surface area contributed by atoms with Gasteiger partial charge in [-0.15, -0.1) is 13.2 Å². The highest BCUT2D eigenvalue weighted by atomic mass is 19.4. The van der Waals surface area contributed by atoms with Crippen molar-refractivity contribution in [3.05, 3.63) is 71.0 Å². The Morgan fingerprint density at radius 1 is 1.06 bits per heavy atom. The average Bonchev–Trinajstić information content (AvgIpc) is 3.39. The molecular weight excluding hydrogens is 441 g/mol. The number of hydrogen-bond donors (Lipinski definition) is 1. The minimum atomic E-state index is -4.83. The average molecular weight is 464 g/mol. The molecule has 2 aromatic heterocycles.